The molecule has 6 nitrogen and oxygen atoms in total. The zero-order valence-electron chi connectivity index (χ0n) is 16.7. The van der Waals surface area contributed by atoms with Crippen molar-refractivity contribution in [3.8, 4) is 17.2 Å². The minimum atomic E-state index is -0.410. The molecular weight excluding hydrogens is 439 g/mol. The lowest BCUT2D eigenvalue weighted by atomic mass is 10.2. The summed E-state index contributed by atoms with van der Waals surface area (Å²) in [6.45, 7) is 0.170. The second kappa shape index (κ2) is 11.2. The van der Waals surface area contributed by atoms with E-state index in [-0.39, 0.29) is 6.61 Å². The average Bonchev–Trinajstić information content (AvgIpc) is 2.78. The first-order valence-electron chi connectivity index (χ1n) is 9.29. The van der Waals surface area contributed by atoms with Gasteiger partial charge >= 0.3 is 0 Å². The lowest BCUT2D eigenvalue weighted by Gasteiger charge is -2.13. The molecule has 0 unspecified atom stereocenters. The zero-order chi connectivity index (χ0) is 22.1. The van der Waals surface area contributed by atoms with Crippen molar-refractivity contribution >= 4 is 35.3 Å². The number of benzene rings is 3. The molecule has 3 rings (SSSR count). The number of hydrogen-bond acceptors (Lipinski definition) is 5. The van der Waals surface area contributed by atoms with Gasteiger partial charge in [-0.05, 0) is 47.5 Å². The van der Waals surface area contributed by atoms with Gasteiger partial charge in [0.2, 0.25) is 0 Å². The van der Waals surface area contributed by atoms with Gasteiger partial charge in [-0.2, -0.15) is 5.10 Å². The number of rotatable bonds is 9. The van der Waals surface area contributed by atoms with Crippen LogP contribution >= 0.6 is 23.2 Å². The second-order valence-corrected chi connectivity index (χ2v) is 7.19. The standard InChI is InChI=1S/C23H20Cl2N2O4/c1-29-21-12-17(11-20(25)23(21)31-14-16-5-3-2-4-6-16)13-26-27-22(28)15-30-19-9-7-18(24)8-10-19/h2-13H,14-15H2,1H3,(H,27,28)/b26-13-. The maximum Gasteiger partial charge on any atom is 0.277 e. The van der Waals surface area contributed by atoms with Gasteiger partial charge in [0.1, 0.15) is 12.4 Å². The molecule has 8 heteroatoms. The van der Waals surface area contributed by atoms with E-state index in [1.807, 2.05) is 30.3 Å². The van der Waals surface area contributed by atoms with Gasteiger partial charge in [0.25, 0.3) is 5.91 Å². The summed E-state index contributed by atoms with van der Waals surface area (Å²) in [6, 6.07) is 19.8. The van der Waals surface area contributed by atoms with E-state index in [4.69, 9.17) is 37.4 Å². The van der Waals surface area contributed by atoms with Crippen LogP contribution in [0.2, 0.25) is 10.0 Å². The molecule has 0 saturated heterocycles. The van der Waals surface area contributed by atoms with E-state index in [0.717, 1.165) is 5.56 Å². The highest BCUT2D eigenvalue weighted by Crippen LogP contribution is 2.36. The van der Waals surface area contributed by atoms with Crippen LogP contribution < -0.4 is 19.6 Å². The monoisotopic (exact) mass is 458 g/mol. The van der Waals surface area contributed by atoms with Crippen molar-refractivity contribution < 1.29 is 19.0 Å². The van der Waals surface area contributed by atoms with Gasteiger partial charge in [0.05, 0.1) is 18.3 Å². The first-order valence-corrected chi connectivity index (χ1v) is 10.1. The van der Waals surface area contributed by atoms with Gasteiger partial charge in [0, 0.05) is 5.02 Å². The molecule has 0 saturated carbocycles. The summed E-state index contributed by atoms with van der Waals surface area (Å²) in [7, 11) is 1.53. The Hall–Kier alpha value is -3.22. The van der Waals surface area contributed by atoms with Crippen molar-refractivity contribution in [1.82, 2.24) is 5.43 Å². The average molecular weight is 459 g/mol. The number of amides is 1. The smallest absolute Gasteiger partial charge is 0.277 e. The van der Waals surface area contributed by atoms with Gasteiger partial charge in [-0.25, -0.2) is 5.43 Å². The quantitative estimate of drug-likeness (QED) is 0.357. The molecular formula is C23H20Cl2N2O4. The fourth-order valence-corrected chi connectivity index (χ4v) is 2.97. The van der Waals surface area contributed by atoms with Crippen LogP contribution in [-0.2, 0) is 11.4 Å². The van der Waals surface area contributed by atoms with Gasteiger partial charge < -0.3 is 14.2 Å². The Morgan fingerprint density at radius 2 is 1.77 bits per heavy atom. The summed E-state index contributed by atoms with van der Waals surface area (Å²) in [6.07, 6.45) is 1.45. The Morgan fingerprint density at radius 3 is 2.48 bits per heavy atom. The summed E-state index contributed by atoms with van der Waals surface area (Å²) in [5.41, 5.74) is 4.04. The molecule has 3 aromatic carbocycles. The topological polar surface area (TPSA) is 69.2 Å². The molecule has 0 atom stereocenters. The highest BCUT2D eigenvalue weighted by atomic mass is 35.5. The number of carbonyl (C=O) groups is 1. The van der Waals surface area contributed by atoms with Gasteiger partial charge in [-0.15, -0.1) is 0 Å². The maximum absolute atomic E-state index is 11.9. The van der Waals surface area contributed by atoms with E-state index < -0.39 is 5.91 Å². The number of carbonyl (C=O) groups excluding carboxylic acids is 1. The van der Waals surface area contributed by atoms with E-state index in [0.29, 0.717) is 39.5 Å². The largest absolute Gasteiger partial charge is 0.493 e. The highest BCUT2D eigenvalue weighted by Gasteiger charge is 2.12. The zero-order valence-corrected chi connectivity index (χ0v) is 18.2. The third-order valence-corrected chi connectivity index (χ3v) is 4.60. The first kappa shape index (κ1) is 22.5. The molecule has 1 N–H and O–H groups in total. The summed E-state index contributed by atoms with van der Waals surface area (Å²) in [5.74, 6) is 1.02. The Kier molecular flexibility index (Phi) is 8.15. The molecule has 0 bridgehead atoms. The highest BCUT2D eigenvalue weighted by molar-refractivity contribution is 6.32. The predicted octanol–water partition coefficient (Wildman–Crippen LogP) is 5.11. The number of nitrogens with zero attached hydrogens (tertiary/aromatic N) is 1. The minimum Gasteiger partial charge on any atom is -0.493 e. The summed E-state index contributed by atoms with van der Waals surface area (Å²) in [4.78, 5) is 11.9. The molecule has 0 aliphatic carbocycles. The number of hydrogen-bond donors (Lipinski definition) is 1. The number of ether oxygens (including phenoxy) is 3. The fourth-order valence-electron chi connectivity index (χ4n) is 2.57. The lowest BCUT2D eigenvalue weighted by Crippen LogP contribution is -2.24. The van der Waals surface area contributed by atoms with E-state index in [9.17, 15) is 4.79 Å². The van der Waals surface area contributed by atoms with Gasteiger partial charge in [-0.1, -0.05) is 53.5 Å². The van der Waals surface area contributed by atoms with Crippen LogP contribution in [0.25, 0.3) is 0 Å². The number of halogens is 2. The van der Waals surface area contributed by atoms with Gasteiger partial charge in [-0.3, -0.25) is 4.79 Å². The molecule has 0 fully saturated rings. The normalized spacial score (nSPS) is 10.7. The van der Waals surface area contributed by atoms with Crippen molar-refractivity contribution in [2.45, 2.75) is 6.61 Å². The lowest BCUT2D eigenvalue weighted by molar-refractivity contribution is -0.123. The molecule has 0 aliphatic rings. The first-order chi connectivity index (χ1) is 15.0. The molecule has 160 valence electrons. The predicted molar refractivity (Wildman–Crippen MR) is 121 cm³/mol. The minimum absolute atomic E-state index is 0.185. The van der Waals surface area contributed by atoms with Crippen molar-refractivity contribution in [1.29, 1.82) is 0 Å². The van der Waals surface area contributed by atoms with Crippen molar-refractivity contribution in [3.63, 3.8) is 0 Å². The second-order valence-electron chi connectivity index (χ2n) is 6.34. The Balaban J connectivity index is 1.56. The van der Waals surface area contributed by atoms with Crippen LogP contribution in [0.15, 0.2) is 71.8 Å². The van der Waals surface area contributed by atoms with E-state index >= 15 is 0 Å². The van der Waals surface area contributed by atoms with Crippen molar-refractivity contribution in [2.75, 3.05) is 13.7 Å². The number of nitrogens with one attached hydrogen (secondary N) is 1. The third-order valence-electron chi connectivity index (χ3n) is 4.06. The van der Waals surface area contributed by atoms with Crippen LogP contribution in [0.1, 0.15) is 11.1 Å². The molecule has 0 heterocycles. The summed E-state index contributed by atoms with van der Waals surface area (Å²) < 4.78 is 16.6. The maximum atomic E-state index is 11.9. The Labute approximate surface area is 190 Å². The molecule has 0 aliphatic heterocycles. The van der Waals surface area contributed by atoms with Gasteiger partial charge in [0.15, 0.2) is 18.1 Å². The van der Waals surface area contributed by atoms with Crippen LogP contribution in [0.4, 0.5) is 0 Å². The van der Waals surface area contributed by atoms with Crippen LogP contribution in [-0.4, -0.2) is 25.8 Å². The summed E-state index contributed by atoms with van der Waals surface area (Å²) >= 11 is 12.2. The van der Waals surface area contributed by atoms with Crippen LogP contribution in [0.3, 0.4) is 0 Å². The molecule has 0 aromatic heterocycles. The van der Waals surface area contributed by atoms with E-state index in [1.54, 1.807) is 36.4 Å². The number of methoxy groups -OCH3 is 1. The van der Waals surface area contributed by atoms with E-state index in [1.165, 1.54) is 13.3 Å². The van der Waals surface area contributed by atoms with Crippen molar-refractivity contribution in [2.24, 2.45) is 5.10 Å². The molecule has 31 heavy (non-hydrogen) atoms. The fraction of sp³-hybridized carbons (Fsp3) is 0.130. The molecule has 1 amide bonds. The summed E-state index contributed by atoms with van der Waals surface area (Å²) in [5, 5.41) is 4.89. The SMILES string of the molecule is COc1cc(/C=N\NC(=O)COc2ccc(Cl)cc2)cc(Cl)c1OCc1ccccc1. The third kappa shape index (κ3) is 6.91. The van der Waals surface area contributed by atoms with Crippen LogP contribution in [0, 0.1) is 0 Å². The van der Waals surface area contributed by atoms with Crippen LogP contribution in [0.5, 0.6) is 17.2 Å². The Bertz CT molecular complexity index is 1040. The molecule has 3 aromatic rings. The van der Waals surface area contributed by atoms with E-state index in [2.05, 4.69) is 10.5 Å². The van der Waals surface area contributed by atoms with Crippen molar-refractivity contribution in [3.05, 3.63) is 87.9 Å². The number of hydrazone groups is 1. The molecule has 0 spiro atoms. The molecule has 0 radical (unpaired) electrons. The Morgan fingerprint density at radius 1 is 1.03 bits per heavy atom.